The zero-order chi connectivity index (χ0) is 22.8. The van der Waals surface area contributed by atoms with Gasteiger partial charge in [-0.15, -0.1) is 0 Å². The van der Waals surface area contributed by atoms with Crippen LogP contribution in [0.1, 0.15) is 63.3 Å². The van der Waals surface area contributed by atoms with Crippen molar-refractivity contribution >= 4 is 17.5 Å². The van der Waals surface area contributed by atoms with Crippen molar-refractivity contribution in [3.8, 4) is 11.5 Å². The second-order valence-electron chi connectivity index (χ2n) is 9.74. The van der Waals surface area contributed by atoms with Gasteiger partial charge in [-0.05, 0) is 59.1 Å². The number of ether oxygens (including phenoxy) is 2. The Labute approximate surface area is 191 Å². The highest BCUT2D eigenvalue weighted by Gasteiger charge is 2.35. The van der Waals surface area contributed by atoms with Gasteiger partial charge in [0.1, 0.15) is 0 Å². The number of rotatable bonds is 6. The van der Waals surface area contributed by atoms with Crippen LogP contribution in [0, 0.1) is 11.3 Å². The van der Waals surface area contributed by atoms with Crippen LogP contribution in [0.15, 0.2) is 36.4 Å². The number of halogens is 1. The average Bonchev–Trinajstić information content (AvgIpc) is 2.70. The van der Waals surface area contributed by atoms with E-state index in [0.717, 1.165) is 29.5 Å². The van der Waals surface area contributed by atoms with Crippen molar-refractivity contribution in [3.63, 3.8) is 0 Å². The smallest absolute Gasteiger partial charge is 0.223 e. The van der Waals surface area contributed by atoms with Crippen LogP contribution in [-0.2, 0) is 11.2 Å². The lowest BCUT2D eigenvalue weighted by Gasteiger charge is -2.39. The average molecular weight is 444 g/mol. The van der Waals surface area contributed by atoms with E-state index in [0.29, 0.717) is 35.4 Å². The normalized spacial score (nSPS) is 17.1. The Morgan fingerprint density at radius 3 is 2.39 bits per heavy atom. The molecule has 1 aliphatic rings. The molecule has 4 nitrogen and oxygen atoms in total. The third kappa shape index (κ3) is 5.35. The zero-order valence-corrected chi connectivity index (χ0v) is 20.3. The van der Waals surface area contributed by atoms with Crippen LogP contribution in [0.2, 0.25) is 5.02 Å². The number of carbonyl (C=O) groups excluding carboxylic acids is 1. The van der Waals surface area contributed by atoms with Gasteiger partial charge >= 0.3 is 0 Å². The molecule has 0 aromatic heterocycles. The van der Waals surface area contributed by atoms with Crippen molar-refractivity contribution in [1.29, 1.82) is 0 Å². The Morgan fingerprint density at radius 2 is 1.77 bits per heavy atom. The highest BCUT2D eigenvalue weighted by molar-refractivity contribution is 6.31. The van der Waals surface area contributed by atoms with Crippen molar-refractivity contribution in [2.75, 3.05) is 20.8 Å². The summed E-state index contributed by atoms with van der Waals surface area (Å²) in [6, 6.07) is 11.6. The molecule has 168 valence electrons. The Bertz CT molecular complexity index is 935. The quantitative estimate of drug-likeness (QED) is 0.526. The van der Waals surface area contributed by atoms with Crippen LogP contribution in [0.5, 0.6) is 11.5 Å². The van der Waals surface area contributed by atoms with Gasteiger partial charge in [0.05, 0.1) is 20.3 Å². The molecule has 1 heterocycles. The van der Waals surface area contributed by atoms with E-state index < -0.39 is 0 Å². The molecule has 2 atom stereocenters. The van der Waals surface area contributed by atoms with E-state index in [4.69, 9.17) is 21.1 Å². The third-order valence-electron chi connectivity index (χ3n) is 5.88. The lowest BCUT2D eigenvalue weighted by molar-refractivity contribution is -0.134. The molecule has 0 bridgehead atoms. The van der Waals surface area contributed by atoms with Gasteiger partial charge in [0.2, 0.25) is 5.91 Å². The molecule has 0 saturated carbocycles. The van der Waals surface area contributed by atoms with E-state index in [1.165, 1.54) is 0 Å². The molecule has 3 rings (SSSR count). The fourth-order valence-corrected chi connectivity index (χ4v) is 5.02. The summed E-state index contributed by atoms with van der Waals surface area (Å²) in [5, 5.41) is 0.663. The predicted octanol–water partition coefficient (Wildman–Crippen LogP) is 6.29. The molecule has 2 aromatic carbocycles. The predicted molar refractivity (Wildman–Crippen MR) is 126 cm³/mol. The number of methoxy groups -OCH3 is 2. The Balaban J connectivity index is 2.02. The first-order valence-corrected chi connectivity index (χ1v) is 11.3. The van der Waals surface area contributed by atoms with Crippen LogP contribution < -0.4 is 9.47 Å². The molecule has 2 aromatic rings. The Hall–Kier alpha value is -2.20. The van der Waals surface area contributed by atoms with E-state index >= 15 is 0 Å². The van der Waals surface area contributed by atoms with E-state index in [2.05, 4.69) is 27.7 Å². The topological polar surface area (TPSA) is 38.8 Å². The lowest BCUT2D eigenvalue weighted by atomic mass is 9.83. The molecule has 0 aliphatic carbocycles. The second-order valence-corrected chi connectivity index (χ2v) is 10.1. The molecule has 0 saturated heterocycles. The van der Waals surface area contributed by atoms with Gasteiger partial charge in [-0.25, -0.2) is 0 Å². The molecule has 0 radical (unpaired) electrons. The number of benzene rings is 2. The highest BCUT2D eigenvalue weighted by atomic mass is 35.5. The number of carbonyl (C=O) groups is 1. The molecule has 1 aliphatic heterocycles. The summed E-state index contributed by atoms with van der Waals surface area (Å²) in [7, 11) is 3.28. The highest BCUT2D eigenvalue weighted by Crippen LogP contribution is 2.43. The SMILES string of the molecule is COc1cc2c(cc1OC)[C@@H](c1ccccc1Cl)N(C(=O)C[C@H](C)CC(C)(C)C)CC2. The molecule has 0 unspecified atom stereocenters. The van der Waals surface area contributed by atoms with Gasteiger partial charge in [0, 0.05) is 18.0 Å². The van der Waals surface area contributed by atoms with Gasteiger partial charge in [-0.1, -0.05) is 57.5 Å². The van der Waals surface area contributed by atoms with Crippen molar-refractivity contribution in [3.05, 3.63) is 58.1 Å². The maximum absolute atomic E-state index is 13.5. The summed E-state index contributed by atoms with van der Waals surface area (Å²) in [4.78, 5) is 15.5. The van der Waals surface area contributed by atoms with Crippen LogP contribution >= 0.6 is 11.6 Å². The van der Waals surface area contributed by atoms with Gasteiger partial charge < -0.3 is 14.4 Å². The Morgan fingerprint density at radius 1 is 1.13 bits per heavy atom. The summed E-state index contributed by atoms with van der Waals surface area (Å²) in [5.74, 6) is 1.85. The summed E-state index contributed by atoms with van der Waals surface area (Å²) in [6.45, 7) is 9.48. The van der Waals surface area contributed by atoms with E-state index in [1.807, 2.05) is 41.3 Å². The maximum atomic E-state index is 13.5. The van der Waals surface area contributed by atoms with Crippen molar-refractivity contribution in [2.24, 2.45) is 11.3 Å². The second kappa shape index (κ2) is 9.52. The van der Waals surface area contributed by atoms with Crippen molar-refractivity contribution in [1.82, 2.24) is 4.90 Å². The van der Waals surface area contributed by atoms with Gasteiger partial charge in [-0.2, -0.15) is 0 Å². The zero-order valence-electron chi connectivity index (χ0n) is 19.5. The van der Waals surface area contributed by atoms with E-state index in [-0.39, 0.29) is 17.4 Å². The van der Waals surface area contributed by atoms with Gasteiger partial charge in [0.15, 0.2) is 11.5 Å². The minimum absolute atomic E-state index is 0.169. The number of fused-ring (bicyclic) bond motifs is 1. The van der Waals surface area contributed by atoms with E-state index in [1.54, 1.807) is 14.2 Å². The molecule has 0 fully saturated rings. The third-order valence-corrected chi connectivity index (χ3v) is 6.22. The summed E-state index contributed by atoms with van der Waals surface area (Å²) >= 11 is 6.63. The van der Waals surface area contributed by atoms with Crippen LogP contribution in [-0.4, -0.2) is 31.6 Å². The minimum atomic E-state index is -0.244. The van der Waals surface area contributed by atoms with Crippen LogP contribution in [0.4, 0.5) is 0 Å². The number of hydrogen-bond donors (Lipinski definition) is 0. The first-order valence-electron chi connectivity index (χ1n) is 10.9. The first-order chi connectivity index (χ1) is 14.6. The Kier molecular flexibility index (Phi) is 7.20. The summed E-state index contributed by atoms with van der Waals surface area (Å²) in [5.41, 5.74) is 3.35. The van der Waals surface area contributed by atoms with Crippen LogP contribution in [0.25, 0.3) is 0 Å². The first kappa shape index (κ1) is 23.5. The van der Waals surface area contributed by atoms with Gasteiger partial charge in [0.25, 0.3) is 0 Å². The molecule has 0 N–H and O–H groups in total. The molecular formula is C26H34ClNO3. The fourth-order valence-electron chi connectivity index (χ4n) is 4.78. The molecule has 5 heteroatoms. The summed E-state index contributed by atoms with van der Waals surface area (Å²) < 4.78 is 11.1. The number of nitrogens with zero attached hydrogens (tertiary/aromatic N) is 1. The molecule has 1 amide bonds. The number of amides is 1. The van der Waals surface area contributed by atoms with Crippen molar-refractivity contribution < 1.29 is 14.3 Å². The maximum Gasteiger partial charge on any atom is 0.223 e. The standard InChI is InChI=1S/C26H34ClNO3/c1-17(16-26(2,3)4)13-24(29)28-12-11-18-14-22(30-5)23(31-6)15-20(18)25(28)19-9-7-8-10-21(19)27/h7-10,14-15,17,25H,11-13,16H2,1-6H3/t17-,25+/m0/s1. The minimum Gasteiger partial charge on any atom is -0.493 e. The van der Waals surface area contributed by atoms with E-state index in [9.17, 15) is 4.79 Å². The van der Waals surface area contributed by atoms with Crippen LogP contribution in [0.3, 0.4) is 0 Å². The number of hydrogen-bond acceptors (Lipinski definition) is 3. The monoisotopic (exact) mass is 443 g/mol. The summed E-state index contributed by atoms with van der Waals surface area (Å²) in [6.07, 6.45) is 2.31. The lowest BCUT2D eigenvalue weighted by Crippen LogP contribution is -2.41. The van der Waals surface area contributed by atoms with Gasteiger partial charge in [-0.3, -0.25) is 4.79 Å². The fraction of sp³-hybridized carbons (Fsp3) is 0.500. The molecule has 31 heavy (non-hydrogen) atoms. The van der Waals surface area contributed by atoms with Crippen molar-refractivity contribution in [2.45, 2.75) is 53.0 Å². The largest absolute Gasteiger partial charge is 0.493 e. The molecular weight excluding hydrogens is 410 g/mol. The molecule has 0 spiro atoms.